The number of rotatable bonds is 7. The molecule has 2 aromatic rings. The molecular weight excluding hydrogens is 296 g/mol. The van der Waals surface area contributed by atoms with Crippen molar-refractivity contribution in [1.29, 1.82) is 0 Å². The van der Waals surface area contributed by atoms with Gasteiger partial charge in [-0.25, -0.2) is 0 Å². The molecule has 20 heavy (non-hydrogen) atoms. The second kappa shape index (κ2) is 7.01. The van der Waals surface area contributed by atoms with Crippen LogP contribution in [0, 0.1) is 10.1 Å². The standard InChI is InChI=1S/C12H12N4O2S2/c1-2-7-13-11-14-15-12(20-11)19-8-9-3-5-10(6-4-9)16(17)18/h2-6H,1,7-8H2,(H,13,14). The Morgan fingerprint density at radius 3 is 2.80 bits per heavy atom. The molecular formula is C12H12N4O2S2. The number of hydrogen-bond acceptors (Lipinski definition) is 7. The van der Waals surface area contributed by atoms with Gasteiger partial charge in [0.15, 0.2) is 4.34 Å². The zero-order chi connectivity index (χ0) is 14.4. The Hall–Kier alpha value is -1.93. The van der Waals surface area contributed by atoms with Crippen molar-refractivity contribution in [2.45, 2.75) is 10.1 Å². The highest BCUT2D eigenvalue weighted by Crippen LogP contribution is 2.28. The van der Waals surface area contributed by atoms with Crippen LogP contribution in [0.1, 0.15) is 5.56 Å². The number of thioether (sulfide) groups is 1. The molecule has 0 aliphatic carbocycles. The van der Waals surface area contributed by atoms with E-state index in [1.54, 1.807) is 30.0 Å². The van der Waals surface area contributed by atoms with E-state index in [0.717, 1.165) is 15.0 Å². The molecule has 104 valence electrons. The van der Waals surface area contributed by atoms with E-state index in [9.17, 15) is 10.1 Å². The molecule has 0 aliphatic heterocycles. The molecule has 0 saturated carbocycles. The molecule has 0 bridgehead atoms. The van der Waals surface area contributed by atoms with Crippen LogP contribution in [-0.4, -0.2) is 21.7 Å². The first-order chi connectivity index (χ1) is 9.69. The Kier molecular flexibility index (Phi) is 5.08. The molecule has 0 spiro atoms. The molecule has 0 aliphatic rings. The van der Waals surface area contributed by atoms with Crippen LogP contribution in [-0.2, 0) is 5.75 Å². The number of anilines is 1. The fourth-order valence-corrected chi connectivity index (χ4v) is 3.07. The normalized spacial score (nSPS) is 10.2. The van der Waals surface area contributed by atoms with Gasteiger partial charge in [0.1, 0.15) is 0 Å². The minimum atomic E-state index is -0.404. The third-order valence-electron chi connectivity index (χ3n) is 2.31. The van der Waals surface area contributed by atoms with Gasteiger partial charge in [0.2, 0.25) is 5.13 Å². The highest BCUT2D eigenvalue weighted by Gasteiger charge is 2.06. The molecule has 8 heteroatoms. The first kappa shape index (κ1) is 14.5. The molecule has 1 aromatic carbocycles. The molecule has 1 heterocycles. The molecule has 6 nitrogen and oxygen atoms in total. The van der Waals surface area contributed by atoms with Crippen LogP contribution in [0.15, 0.2) is 41.3 Å². The minimum Gasteiger partial charge on any atom is -0.357 e. The van der Waals surface area contributed by atoms with Gasteiger partial charge in [-0.2, -0.15) is 0 Å². The smallest absolute Gasteiger partial charge is 0.269 e. The summed E-state index contributed by atoms with van der Waals surface area (Å²) in [5, 5.41) is 22.4. The van der Waals surface area contributed by atoms with E-state index >= 15 is 0 Å². The highest BCUT2D eigenvalue weighted by atomic mass is 32.2. The molecule has 0 unspecified atom stereocenters. The Labute approximate surface area is 124 Å². The number of nitrogens with zero attached hydrogens (tertiary/aromatic N) is 3. The van der Waals surface area contributed by atoms with Crippen molar-refractivity contribution < 1.29 is 4.92 Å². The van der Waals surface area contributed by atoms with Crippen molar-refractivity contribution >= 4 is 33.9 Å². The monoisotopic (exact) mass is 308 g/mol. The van der Waals surface area contributed by atoms with E-state index < -0.39 is 4.92 Å². The first-order valence-electron chi connectivity index (χ1n) is 5.73. The zero-order valence-corrected chi connectivity index (χ0v) is 12.1. The quantitative estimate of drug-likeness (QED) is 0.366. The molecule has 0 amide bonds. The topological polar surface area (TPSA) is 81.0 Å². The van der Waals surface area contributed by atoms with Gasteiger partial charge in [-0.15, -0.1) is 16.8 Å². The summed E-state index contributed by atoms with van der Waals surface area (Å²) in [4.78, 5) is 10.1. The molecule has 2 rings (SSSR count). The Morgan fingerprint density at radius 2 is 2.15 bits per heavy atom. The number of non-ortho nitro benzene ring substituents is 1. The van der Waals surface area contributed by atoms with E-state index in [4.69, 9.17) is 0 Å². The minimum absolute atomic E-state index is 0.102. The Balaban J connectivity index is 1.89. The van der Waals surface area contributed by atoms with Crippen molar-refractivity contribution in [2.24, 2.45) is 0 Å². The fourth-order valence-electron chi connectivity index (χ4n) is 1.36. The van der Waals surface area contributed by atoms with Crippen LogP contribution in [0.25, 0.3) is 0 Å². The molecule has 0 saturated heterocycles. The van der Waals surface area contributed by atoms with E-state index in [-0.39, 0.29) is 5.69 Å². The van der Waals surface area contributed by atoms with Crippen molar-refractivity contribution in [1.82, 2.24) is 10.2 Å². The average Bonchev–Trinajstić information content (AvgIpc) is 2.91. The van der Waals surface area contributed by atoms with Gasteiger partial charge < -0.3 is 5.32 Å². The van der Waals surface area contributed by atoms with Crippen LogP contribution in [0.2, 0.25) is 0 Å². The predicted molar refractivity (Wildman–Crippen MR) is 81.3 cm³/mol. The van der Waals surface area contributed by atoms with Crippen LogP contribution in [0.3, 0.4) is 0 Å². The van der Waals surface area contributed by atoms with E-state index in [0.29, 0.717) is 12.3 Å². The summed E-state index contributed by atoms with van der Waals surface area (Å²) in [6.45, 7) is 4.27. The third-order valence-corrected chi connectivity index (χ3v) is 4.40. The Bertz CT molecular complexity index is 598. The molecule has 0 atom stereocenters. The van der Waals surface area contributed by atoms with E-state index in [1.165, 1.54) is 23.5 Å². The number of benzene rings is 1. The lowest BCUT2D eigenvalue weighted by molar-refractivity contribution is -0.384. The largest absolute Gasteiger partial charge is 0.357 e. The second-order valence-corrected chi connectivity index (χ2v) is 5.95. The van der Waals surface area contributed by atoms with Gasteiger partial charge in [-0.1, -0.05) is 41.3 Å². The second-order valence-electron chi connectivity index (χ2n) is 3.75. The lowest BCUT2D eigenvalue weighted by Crippen LogP contribution is -1.96. The lowest BCUT2D eigenvalue weighted by Gasteiger charge is -1.98. The first-order valence-corrected chi connectivity index (χ1v) is 7.53. The van der Waals surface area contributed by atoms with Gasteiger partial charge in [-0.05, 0) is 5.56 Å². The molecule has 0 fully saturated rings. The Morgan fingerprint density at radius 1 is 1.40 bits per heavy atom. The summed E-state index contributed by atoms with van der Waals surface area (Å²) in [7, 11) is 0. The summed E-state index contributed by atoms with van der Waals surface area (Å²) in [6, 6.07) is 6.52. The van der Waals surface area contributed by atoms with Crippen molar-refractivity contribution in [3.63, 3.8) is 0 Å². The number of nitro benzene ring substituents is 1. The average molecular weight is 308 g/mol. The summed E-state index contributed by atoms with van der Waals surface area (Å²) in [5.74, 6) is 0.702. The van der Waals surface area contributed by atoms with E-state index in [1.807, 2.05) is 0 Å². The highest BCUT2D eigenvalue weighted by molar-refractivity contribution is 8.00. The van der Waals surface area contributed by atoms with Crippen LogP contribution in [0.4, 0.5) is 10.8 Å². The van der Waals surface area contributed by atoms with Crippen LogP contribution < -0.4 is 5.32 Å². The summed E-state index contributed by atoms with van der Waals surface area (Å²) in [6.07, 6.45) is 1.76. The lowest BCUT2D eigenvalue weighted by atomic mass is 10.2. The number of nitro groups is 1. The van der Waals surface area contributed by atoms with Crippen LogP contribution in [0.5, 0.6) is 0 Å². The maximum Gasteiger partial charge on any atom is 0.269 e. The molecule has 1 aromatic heterocycles. The fraction of sp³-hybridized carbons (Fsp3) is 0.167. The van der Waals surface area contributed by atoms with E-state index in [2.05, 4.69) is 22.1 Å². The number of nitrogens with one attached hydrogen (secondary N) is 1. The number of hydrogen-bond donors (Lipinski definition) is 1. The number of aromatic nitrogens is 2. The van der Waals surface area contributed by atoms with Gasteiger partial charge in [0.25, 0.3) is 5.69 Å². The van der Waals surface area contributed by atoms with Crippen molar-refractivity contribution in [2.75, 3.05) is 11.9 Å². The summed E-state index contributed by atoms with van der Waals surface area (Å²) in [5.41, 5.74) is 1.11. The SMILES string of the molecule is C=CCNc1nnc(SCc2ccc([N+](=O)[O-])cc2)s1. The van der Waals surface area contributed by atoms with Gasteiger partial charge in [0.05, 0.1) is 4.92 Å². The zero-order valence-electron chi connectivity index (χ0n) is 10.5. The van der Waals surface area contributed by atoms with Gasteiger partial charge >= 0.3 is 0 Å². The van der Waals surface area contributed by atoms with Gasteiger partial charge in [-0.3, -0.25) is 10.1 Å². The maximum absolute atomic E-state index is 10.6. The molecule has 1 N–H and O–H groups in total. The van der Waals surface area contributed by atoms with Crippen molar-refractivity contribution in [3.8, 4) is 0 Å². The third kappa shape index (κ3) is 4.04. The van der Waals surface area contributed by atoms with Crippen molar-refractivity contribution in [3.05, 3.63) is 52.6 Å². The predicted octanol–water partition coefficient (Wildman–Crippen LogP) is 3.34. The van der Waals surface area contributed by atoms with Crippen LogP contribution >= 0.6 is 23.1 Å². The molecule has 0 radical (unpaired) electrons. The van der Waals surface area contributed by atoms with Gasteiger partial charge in [0, 0.05) is 24.4 Å². The summed E-state index contributed by atoms with van der Waals surface area (Å²) >= 11 is 3.03. The maximum atomic E-state index is 10.6. The summed E-state index contributed by atoms with van der Waals surface area (Å²) < 4.78 is 0.856.